The number of esters is 1. The van der Waals surface area contributed by atoms with Crippen LogP contribution in [0.3, 0.4) is 0 Å². The molecule has 0 saturated heterocycles. The van der Waals surface area contributed by atoms with Gasteiger partial charge in [-0.1, -0.05) is 11.6 Å². The van der Waals surface area contributed by atoms with Gasteiger partial charge in [-0.25, -0.2) is 0 Å². The second-order valence-electron chi connectivity index (χ2n) is 3.38. The summed E-state index contributed by atoms with van der Waals surface area (Å²) < 4.78 is 4.90. The largest absolute Gasteiger partial charge is 0.468 e. The molecule has 0 saturated carbocycles. The van der Waals surface area contributed by atoms with E-state index in [4.69, 9.17) is 11.6 Å². The number of nitrogens with one attached hydrogen (secondary N) is 1. The predicted molar refractivity (Wildman–Crippen MR) is 67.9 cm³/mol. The van der Waals surface area contributed by atoms with Crippen molar-refractivity contribution in [1.29, 1.82) is 0 Å². The summed E-state index contributed by atoms with van der Waals surface area (Å²) in [5.74, 6) is -1.03. The monoisotopic (exact) mass is 289 g/mol. The number of hydrogen-bond donors (Lipinski definition) is 1. The average Bonchev–Trinajstić information content (AvgIpc) is 2.79. The van der Waals surface area contributed by atoms with Gasteiger partial charge in [0, 0.05) is 12.8 Å². The molecule has 0 unspecified atom stereocenters. The third-order valence-corrected chi connectivity index (χ3v) is 3.36. The van der Waals surface area contributed by atoms with Crippen molar-refractivity contribution in [2.75, 3.05) is 13.7 Å². The van der Waals surface area contributed by atoms with Crippen LogP contribution in [0.4, 0.5) is 0 Å². The normalized spacial score (nSPS) is 9.89. The predicted octanol–water partition coefficient (Wildman–Crippen LogP) is 1.65. The average molecular weight is 290 g/mol. The molecule has 0 atom stereocenters. The molecule has 98 valence electrons. The zero-order valence-corrected chi connectivity index (χ0v) is 11.3. The van der Waals surface area contributed by atoms with Crippen LogP contribution < -0.4 is 5.32 Å². The van der Waals surface area contributed by atoms with E-state index < -0.39 is 5.97 Å². The highest BCUT2D eigenvalue weighted by Gasteiger charge is 2.12. The Morgan fingerprint density at radius 1 is 1.33 bits per heavy atom. The molecule has 7 heteroatoms. The highest BCUT2D eigenvalue weighted by molar-refractivity contribution is 7.18. The van der Waals surface area contributed by atoms with Gasteiger partial charge in [0.15, 0.2) is 5.78 Å². The minimum atomic E-state index is -0.528. The van der Waals surface area contributed by atoms with E-state index in [2.05, 4.69) is 10.1 Å². The third kappa shape index (κ3) is 4.85. The van der Waals surface area contributed by atoms with E-state index in [1.54, 1.807) is 12.1 Å². The number of rotatable bonds is 6. The summed E-state index contributed by atoms with van der Waals surface area (Å²) in [6.07, 6.45) is 0.120. The van der Waals surface area contributed by atoms with Crippen molar-refractivity contribution < 1.29 is 19.1 Å². The Labute approximate surface area is 113 Å². The van der Waals surface area contributed by atoms with E-state index in [1.165, 1.54) is 18.4 Å². The van der Waals surface area contributed by atoms with Gasteiger partial charge in [0.05, 0.1) is 16.3 Å². The van der Waals surface area contributed by atoms with Crippen molar-refractivity contribution in [2.24, 2.45) is 0 Å². The lowest BCUT2D eigenvalue weighted by Gasteiger charge is -2.02. The first-order valence-electron chi connectivity index (χ1n) is 5.15. The first kappa shape index (κ1) is 14.7. The molecule has 5 nitrogen and oxygen atoms in total. The van der Waals surface area contributed by atoms with E-state index in [1.807, 2.05) is 0 Å². The topological polar surface area (TPSA) is 72.5 Å². The Kier molecular flexibility index (Phi) is 5.80. The highest BCUT2D eigenvalue weighted by Crippen LogP contribution is 2.22. The summed E-state index contributed by atoms with van der Waals surface area (Å²) >= 11 is 6.88. The second kappa shape index (κ2) is 7.13. The molecule has 1 amide bonds. The van der Waals surface area contributed by atoms with Crippen LogP contribution in [0.2, 0.25) is 4.34 Å². The molecule has 1 heterocycles. The Bertz CT molecular complexity index is 458. The molecule has 0 radical (unpaired) electrons. The number of Topliss-reactive ketones (excluding diaryl/α,β-unsaturated/α-hetero) is 1. The first-order valence-corrected chi connectivity index (χ1v) is 6.34. The lowest BCUT2D eigenvalue weighted by Crippen LogP contribution is -2.30. The minimum Gasteiger partial charge on any atom is -0.468 e. The summed E-state index contributed by atoms with van der Waals surface area (Å²) in [7, 11) is 1.23. The number of thiophene rings is 1. The van der Waals surface area contributed by atoms with Crippen LogP contribution in [-0.2, 0) is 14.3 Å². The fourth-order valence-electron chi connectivity index (χ4n) is 1.15. The lowest BCUT2D eigenvalue weighted by atomic mass is 10.2. The zero-order valence-electron chi connectivity index (χ0n) is 9.70. The summed E-state index contributed by atoms with van der Waals surface area (Å²) in [6, 6.07) is 3.26. The summed E-state index contributed by atoms with van der Waals surface area (Å²) in [5, 5.41) is 2.36. The quantitative estimate of drug-likeness (QED) is 0.638. The number of carbonyl (C=O) groups excluding carboxylic acids is 3. The van der Waals surface area contributed by atoms with Crippen LogP contribution >= 0.6 is 22.9 Å². The van der Waals surface area contributed by atoms with E-state index >= 15 is 0 Å². The Balaban J connectivity index is 2.30. The van der Waals surface area contributed by atoms with Gasteiger partial charge in [0.25, 0.3) is 0 Å². The number of halogens is 1. The van der Waals surface area contributed by atoms with Gasteiger partial charge < -0.3 is 10.1 Å². The van der Waals surface area contributed by atoms with Gasteiger partial charge in [-0.2, -0.15) is 0 Å². The molecule has 1 aromatic rings. The zero-order chi connectivity index (χ0) is 13.5. The Morgan fingerprint density at radius 3 is 2.61 bits per heavy atom. The maximum absolute atomic E-state index is 11.6. The van der Waals surface area contributed by atoms with Crippen molar-refractivity contribution in [1.82, 2.24) is 5.32 Å². The van der Waals surface area contributed by atoms with E-state index in [-0.39, 0.29) is 31.1 Å². The third-order valence-electron chi connectivity index (χ3n) is 2.08. The van der Waals surface area contributed by atoms with Crippen LogP contribution in [0.25, 0.3) is 0 Å². The fourth-order valence-corrected chi connectivity index (χ4v) is 2.16. The molecule has 0 bridgehead atoms. The van der Waals surface area contributed by atoms with Gasteiger partial charge in [-0.05, 0) is 12.1 Å². The fraction of sp³-hybridized carbons (Fsp3) is 0.364. The summed E-state index contributed by atoms with van der Waals surface area (Å²) in [5.41, 5.74) is 0. The maximum atomic E-state index is 11.6. The molecule has 0 aromatic carbocycles. The molecule has 0 aliphatic heterocycles. The van der Waals surface area contributed by atoms with Gasteiger partial charge in [0.2, 0.25) is 5.91 Å². The van der Waals surface area contributed by atoms with Crippen molar-refractivity contribution >= 4 is 40.6 Å². The molecule has 1 N–H and O–H groups in total. The molecule has 1 rings (SSSR count). The van der Waals surface area contributed by atoms with Crippen LogP contribution in [0.5, 0.6) is 0 Å². The number of amides is 1. The molecule has 0 aliphatic rings. The summed E-state index contributed by atoms with van der Waals surface area (Å²) in [4.78, 5) is 34.2. The van der Waals surface area contributed by atoms with Gasteiger partial charge in [-0.15, -0.1) is 11.3 Å². The van der Waals surface area contributed by atoms with Crippen LogP contribution in [-0.4, -0.2) is 31.3 Å². The van der Waals surface area contributed by atoms with Gasteiger partial charge >= 0.3 is 5.97 Å². The van der Waals surface area contributed by atoms with Crippen LogP contribution in [0, 0.1) is 0 Å². The van der Waals surface area contributed by atoms with Crippen molar-refractivity contribution in [3.8, 4) is 0 Å². The Hall–Kier alpha value is -1.40. The number of methoxy groups -OCH3 is 1. The molecule has 0 fully saturated rings. The number of ether oxygens (including phenoxy) is 1. The maximum Gasteiger partial charge on any atom is 0.325 e. The van der Waals surface area contributed by atoms with Crippen molar-refractivity contribution in [2.45, 2.75) is 12.8 Å². The second-order valence-corrected chi connectivity index (χ2v) is 5.09. The molecular weight excluding hydrogens is 278 g/mol. The minimum absolute atomic E-state index is 0.0331. The van der Waals surface area contributed by atoms with Gasteiger partial charge in [-0.3, -0.25) is 14.4 Å². The first-order chi connectivity index (χ1) is 8.52. The van der Waals surface area contributed by atoms with Crippen LogP contribution in [0.15, 0.2) is 12.1 Å². The highest BCUT2D eigenvalue weighted by atomic mass is 35.5. The number of hydrogen-bond acceptors (Lipinski definition) is 5. The molecule has 1 aromatic heterocycles. The number of ketones is 1. The molecule has 18 heavy (non-hydrogen) atoms. The molecule has 0 spiro atoms. The van der Waals surface area contributed by atoms with Crippen LogP contribution in [0.1, 0.15) is 22.5 Å². The van der Waals surface area contributed by atoms with Gasteiger partial charge in [0.1, 0.15) is 6.54 Å². The summed E-state index contributed by atoms with van der Waals surface area (Å²) in [6.45, 7) is -0.186. The SMILES string of the molecule is COC(=O)CNC(=O)CCC(=O)c1ccc(Cl)s1. The number of carbonyl (C=O) groups is 3. The van der Waals surface area contributed by atoms with E-state index in [0.717, 1.165) is 0 Å². The molecular formula is C11H12ClNO4S. The Morgan fingerprint density at radius 2 is 2.06 bits per heavy atom. The standard InChI is InChI=1S/C11H12ClNO4S/c1-17-11(16)6-13-10(15)5-2-7(14)8-3-4-9(12)18-8/h3-4H,2,5-6H2,1H3,(H,13,15). The van der Waals surface area contributed by atoms with Crippen molar-refractivity contribution in [3.05, 3.63) is 21.3 Å². The lowest BCUT2D eigenvalue weighted by molar-refractivity contribution is -0.141. The van der Waals surface area contributed by atoms with Crippen molar-refractivity contribution in [3.63, 3.8) is 0 Å². The molecule has 0 aliphatic carbocycles. The van der Waals surface area contributed by atoms with E-state index in [9.17, 15) is 14.4 Å². The smallest absolute Gasteiger partial charge is 0.325 e. The van der Waals surface area contributed by atoms with E-state index in [0.29, 0.717) is 9.21 Å².